The van der Waals surface area contributed by atoms with E-state index in [2.05, 4.69) is 0 Å². The van der Waals surface area contributed by atoms with E-state index >= 15 is 0 Å². The van der Waals surface area contributed by atoms with Crippen LogP contribution in [0.15, 0.2) is 42.0 Å². The van der Waals surface area contributed by atoms with Gasteiger partial charge in [0.25, 0.3) is 0 Å². The van der Waals surface area contributed by atoms with Crippen LogP contribution in [0.25, 0.3) is 0 Å². The number of allylic oxidation sites excluding steroid dienone is 3. The summed E-state index contributed by atoms with van der Waals surface area (Å²) in [6.45, 7) is 3.74. The summed E-state index contributed by atoms with van der Waals surface area (Å²) >= 11 is 5.88. The maximum Gasteiger partial charge on any atom is 0.330 e. The van der Waals surface area contributed by atoms with Gasteiger partial charge in [-0.25, -0.2) is 4.79 Å². The average molecular weight is 309 g/mol. The molecule has 0 aliphatic rings. The van der Waals surface area contributed by atoms with Crippen molar-refractivity contribution in [3.63, 3.8) is 0 Å². The van der Waals surface area contributed by atoms with Crippen LogP contribution in [0.3, 0.4) is 0 Å². The summed E-state index contributed by atoms with van der Waals surface area (Å²) in [7, 11) is 1.48. The predicted octanol–water partition coefficient (Wildman–Crippen LogP) is 3.60. The average Bonchev–Trinajstić information content (AvgIpc) is 2.44. The lowest BCUT2D eigenvalue weighted by atomic mass is 10.1. The molecule has 0 aliphatic carbocycles. The third kappa shape index (κ3) is 5.44. The number of halogens is 1. The molecule has 21 heavy (non-hydrogen) atoms. The summed E-state index contributed by atoms with van der Waals surface area (Å²) in [6, 6.07) is 4.81. The minimum atomic E-state index is -0.438. The Morgan fingerprint density at radius 3 is 2.62 bits per heavy atom. The van der Waals surface area contributed by atoms with E-state index in [0.29, 0.717) is 28.5 Å². The van der Waals surface area contributed by atoms with Gasteiger partial charge >= 0.3 is 5.97 Å². The minimum Gasteiger partial charge on any atom is -0.496 e. The molecule has 0 amide bonds. The molecule has 0 fully saturated rings. The number of rotatable bonds is 6. The SMILES string of the molecule is CCOC(=O)/C=C(C)/C=C/C(=O)c1cc(Cl)ccc1OC. The van der Waals surface area contributed by atoms with Crippen molar-refractivity contribution in [2.45, 2.75) is 13.8 Å². The first-order chi connectivity index (χ1) is 9.97. The largest absolute Gasteiger partial charge is 0.496 e. The molecule has 0 aromatic heterocycles. The predicted molar refractivity (Wildman–Crippen MR) is 81.9 cm³/mol. The molecule has 0 saturated heterocycles. The van der Waals surface area contributed by atoms with Gasteiger partial charge in [-0.2, -0.15) is 0 Å². The van der Waals surface area contributed by atoms with E-state index in [-0.39, 0.29) is 5.78 Å². The number of carbonyl (C=O) groups is 2. The zero-order valence-corrected chi connectivity index (χ0v) is 12.9. The molecule has 5 heteroatoms. The first-order valence-corrected chi connectivity index (χ1v) is 6.76. The molecule has 0 radical (unpaired) electrons. The Hall–Kier alpha value is -2.07. The summed E-state index contributed by atoms with van der Waals surface area (Å²) in [5.74, 6) is -0.250. The summed E-state index contributed by atoms with van der Waals surface area (Å²) in [5.41, 5.74) is 0.980. The van der Waals surface area contributed by atoms with Crippen molar-refractivity contribution in [3.05, 3.63) is 52.6 Å². The number of hydrogen-bond acceptors (Lipinski definition) is 4. The number of ketones is 1. The normalized spacial score (nSPS) is 11.5. The maximum atomic E-state index is 12.1. The van der Waals surface area contributed by atoms with Crippen LogP contribution in [0.1, 0.15) is 24.2 Å². The number of carbonyl (C=O) groups excluding carboxylic acids is 2. The monoisotopic (exact) mass is 308 g/mol. The van der Waals surface area contributed by atoms with Crippen molar-refractivity contribution in [3.8, 4) is 5.75 Å². The number of ether oxygens (including phenoxy) is 2. The fraction of sp³-hybridized carbons (Fsp3) is 0.250. The summed E-state index contributed by atoms with van der Waals surface area (Å²) < 4.78 is 9.91. The van der Waals surface area contributed by atoms with Gasteiger partial charge in [-0.1, -0.05) is 17.7 Å². The third-order valence-electron chi connectivity index (χ3n) is 2.56. The molecular weight excluding hydrogens is 292 g/mol. The number of methoxy groups -OCH3 is 1. The van der Waals surface area contributed by atoms with Gasteiger partial charge in [0.1, 0.15) is 5.75 Å². The van der Waals surface area contributed by atoms with Crippen LogP contribution < -0.4 is 4.74 Å². The van der Waals surface area contributed by atoms with Gasteiger partial charge < -0.3 is 9.47 Å². The van der Waals surface area contributed by atoms with Crippen LogP contribution in [-0.2, 0) is 9.53 Å². The molecule has 0 bridgehead atoms. The van der Waals surface area contributed by atoms with Gasteiger partial charge in [-0.05, 0) is 43.7 Å². The van der Waals surface area contributed by atoms with Crippen molar-refractivity contribution in [1.82, 2.24) is 0 Å². The van der Waals surface area contributed by atoms with Crippen molar-refractivity contribution in [2.24, 2.45) is 0 Å². The van der Waals surface area contributed by atoms with Gasteiger partial charge in [0, 0.05) is 11.1 Å². The molecule has 1 aromatic carbocycles. The first kappa shape index (κ1) is 17.0. The molecule has 1 aromatic rings. The van der Waals surface area contributed by atoms with Gasteiger partial charge in [-0.15, -0.1) is 0 Å². The molecule has 0 saturated carbocycles. The van der Waals surface area contributed by atoms with E-state index < -0.39 is 5.97 Å². The highest BCUT2D eigenvalue weighted by Gasteiger charge is 2.10. The topological polar surface area (TPSA) is 52.6 Å². The quantitative estimate of drug-likeness (QED) is 0.349. The summed E-state index contributed by atoms with van der Waals surface area (Å²) in [5, 5.41) is 0.450. The summed E-state index contributed by atoms with van der Waals surface area (Å²) in [6.07, 6.45) is 4.22. The minimum absolute atomic E-state index is 0.258. The van der Waals surface area contributed by atoms with Crippen molar-refractivity contribution in [1.29, 1.82) is 0 Å². The molecule has 112 valence electrons. The lowest BCUT2D eigenvalue weighted by molar-refractivity contribution is -0.137. The van der Waals surface area contributed by atoms with Crippen LogP contribution in [0.4, 0.5) is 0 Å². The molecule has 0 heterocycles. The summed E-state index contributed by atoms with van der Waals surface area (Å²) in [4.78, 5) is 23.4. The second-order valence-electron chi connectivity index (χ2n) is 4.18. The lowest BCUT2D eigenvalue weighted by Gasteiger charge is -2.05. The number of esters is 1. The molecule has 0 atom stereocenters. The third-order valence-corrected chi connectivity index (χ3v) is 2.79. The van der Waals surface area contributed by atoms with E-state index in [4.69, 9.17) is 21.1 Å². The first-order valence-electron chi connectivity index (χ1n) is 6.39. The van der Waals surface area contributed by atoms with Crippen LogP contribution in [0.2, 0.25) is 5.02 Å². The Labute approximate surface area is 129 Å². The molecule has 0 N–H and O–H groups in total. The zero-order chi connectivity index (χ0) is 15.8. The van der Waals surface area contributed by atoms with Crippen molar-refractivity contribution in [2.75, 3.05) is 13.7 Å². The fourth-order valence-corrected chi connectivity index (χ4v) is 1.76. The smallest absolute Gasteiger partial charge is 0.330 e. The Morgan fingerprint density at radius 2 is 2.00 bits per heavy atom. The zero-order valence-electron chi connectivity index (χ0n) is 12.2. The van der Waals surface area contributed by atoms with Crippen molar-refractivity contribution >= 4 is 23.4 Å². The van der Waals surface area contributed by atoms with Crippen LogP contribution in [0.5, 0.6) is 5.75 Å². The van der Waals surface area contributed by atoms with Crippen LogP contribution >= 0.6 is 11.6 Å². The molecule has 0 unspecified atom stereocenters. The highest BCUT2D eigenvalue weighted by molar-refractivity contribution is 6.31. The second-order valence-corrected chi connectivity index (χ2v) is 4.62. The Bertz CT molecular complexity index is 588. The van der Waals surface area contributed by atoms with E-state index in [0.717, 1.165) is 0 Å². The van der Waals surface area contributed by atoms with Crippen LogP contribution in [-0.4, -0.2) is 25.5 Å². The van der Waals surface area contributed by atoms with Crippen molar-refractivity contribution < 1.29 is 19.1 Å². The van der Waals surface area contributed by atoms with Gasteiger partial charge in [0.05, 0.1) is 19.3 Å². The fourth-order valence-electron chi connectivity index (χ4n) is 1.59. The van der Waals surface area contributed by atoms with Crippen LogP contribution in [0, 0.1) is 0 Å². The van der Waals surface area contributed by atoms with E-state index in [1.54, 1.807) is 32.1 Å². The highest BCUT2D eigenvalue weighted by atomic mass is 35.5. The number of benzene rings is 1. The second kappa shape index (κ2) is 8.27. The molecule has 0 spiro atoms. The highest BCUT2D eigenvalue weighted by Crippen LogP contribution is 2.23. The van der Waals surface area contributed by atoms with Gasteiger partial charge in [0.2, 0.25) is 0 Å². The van der Waals surface area contributed by atoms with E-state index in [1.165, 1.54) is 25.3 Å². The standard InChI is InChI=1S/C16H17ClO4/c1-4-21-16(19)9-11(2)5-7-14(18)13-10-12(17)6-8-15(13)20-3/h5-10H,4H2,1-3H3/b7-5+,11-9+. The van der Waals surface area contributed by atoms with E-state index in [1.807, 2.05) is 0 Å². The van der Waals surface area contributed by atoms with Gasteiger partial charge in [0.15, 0.2) is 5.78 Å². The van der Waals surface area contributed by atoms with E-state index in [9.17, 15) is 9.59 Å². The maximum absolute atomic E-state index is 12.1. The number of hydrogen-bond donors (Lipinski definition) is 0. The molecule has 0 aliphatic heterocycles. The Balaban J connectivity index is 2.88. The Morgan fingerprint density at radius 1 is 1.29 bits per heavy atom. The molecule has 1 rings (SSSR count). The Kier molecular flexibility index (Phi) is 6.69. The lowest BCUT2D eigenvalue weighted by Crippen LogP contribution is -2.01. The molecular formula is C16H17ClO4. The molecule has 4 nitrogen and oxygen atoms in total. The van der Waals surface area contributed by atoms with Gasteiger partial charge in [-0.3, -0.25) is 4.79 Å².